The van der Waals surface area contributed by atoms with Gasteiger partial charge in [0.05, 0.1) is 25.4 Å². The number of hydrogen-bond acceptors (Lipinski definition) is 6. The SMILES string of the molecule is CC1CN(C)CC(C)O1.CN1CCOCC1.CN1CCSCC1. The minimum atomic E-state index is 0.416. The van der Waals surface area contributed by atoms with Crippen molar-refractivity contribution in [2.24, 2.45) is 0 Å². The van der Waals surface area contributed by atoms with Gasteiger partial charge in [0.2, 0.25) is 0 Å². The first-order valence-corrected chi connectivity index (χ1v) is 9.99. The quantitative estimate of drug-likeness (QED) is 0.657. The van der Waals surface area contributed by atoms with Crippen LogP contribution in [0.25, 0.3) is 0 Å². The number of morpholine rings is 2. The summed E-state index contributed by atoms with van der Waals surface area (Å²) in [4.78, 5) is 6.94. The van der Waals surface area contributed by atoms with Crippen molar-refractivity contribution in [2.45, 2.75) is 26.1 Å². The molecule has 138 valence electrons. The van der Waals surface area contributed by atoms with Crippen molar-refractivity contribution >= 4 is 11.8 Å². The zero-order valence-electron chi connectivity index (χ0n) is 15.8. The average Bonchev–Trinajstić information content (AvgIpc) is 2.48. The fourth-order valence-corrected chi connectivity index (χ4v) is 3.83. The Hall–Kier alpha value is 0.150. The summed E-state index contributed by atoms with van der Waals surface area (Å²) in [6.45, 7) is 13.0. The van der Waals surface area contributed by atoms with Gasteiger partial charge >= 0.3 is 0 Å². The third-order valence-electron chi connectivity index (χ3n) is 4.07. The monoisotopic (exact) mass is 347 g/mol. The molecule has 5 nitrogen and oxygen atoms in total. The van der Waals surface area contributed by atoms with Crippen molar-refractivity contribution in [2.75, 3.05) is 85.1 Å². The van der Waals surface area contributed by atoms with Gasteiger partial charge in [0.15, 0.2) is 0 Å². The normalized spacial score (nSPS) is 30.7. The topological polar surface area (TPSA) is 28.2 Å². The van der Waals surface area contributed by atoms with E-state index in [-0.39, 0.29) is 0 Å². The van der Waals surface area contributed by atoms with Crippen LogP contribution in [0, 0.1) is 0 Å². The van der Waals surface area contributed by atoms with Crippen LogP contribution in [0.5, 0.6) is 0 Å². The summed E-state index contributed by atoms with van der Waals surface area (Å²) in [7, 11) is 6.43. The van der Waals surface area contributed by atoms with Gasteiger partial charge in [-0.05, 0) is 35.0 Å². The molecule has 0 aromatic heterocycles. The Morgan fingerprint density at radius 2 is 1.22 bits per heavy atom. The number of nitrogens with zero attached hydrogens (tertiary/aromatic N) is 3. The molecule has 0 aromatic carbocycles. The van der Waals surface area contributed by atoms with Crippen LogP contribution in [-0.2, 0) is 9.47 Å². The zero-order chi connectivity index (χ0) is 17.1. The molecule has 3 heterocycles. The highest BCUT2D eigenvalue weighted by molar-refractivity contribution is 7.99. The van der Waals surface area contributed by atoms with Crippen molar-refractivity contribution in [3.05, 3.63) is 0 Å². The Bertz CT molecular complexity index is 244. The molecule has 0 aliphatic carbocycles. The second-order valence-electron chi connectivity index (χ2n) is 6.81. The van der Waals surface area contributed by atoms with E-state index in [4.69, 9.17) is 9.47 Å². The predicted octanol–water partition coefficient (Wildman–Crippen LogP) is 1.34. The number of thioether (sulfide) groups is 1. The van der Waals surface area contributed by atoms with Crippen LogP contribution >= 0.6 is 11.8 Å². The number of ether oxygens (including phenoxy) is 2. The summed E-state index contributed by atoms with van der Waals surface area (Å²) in [6, 6.07) is 0. The minimum absolute atomic E-state index is 0.416. The molecule has 23 heavy (non-hydrogen) atoms. The van der Waals surface area contributed by atoms with Crippen LogP contribution in [-0.4, -0.2) is 112 Å². The molecule has 3 aliphatic heterocycles. The molecule has 0 N–H and O–H groups in total. The molecular formula is C17H37N3O2S. The Balaban J connectivity index is 0.000000175. The van der Waals surface area contributed by atoms with Crippen LogP contribution in [0.3, 0.4) is 0 Å². The third-order valence-corrected chi connectivity index (χ3v) is 5.01. The third kappa shape index (κ3) is 11.3. The van der Waals surface area contributed by atoms with E-state index in [0.717, 1.165) is 39.4 Å². The smallest absolute Gasteiger partial charge is 0.0678 e. The standard InChI is InChI=1S/C7H15NO.C5H11NO.C5H11NS/c1-6-4-8(3)5-7(2)9-6;2*1-6-2-4-7-5-3-6/h6-7H,4-5H2,1-3H3;2*2-5H2,1H3. The summed E-state index contributed by atoms with van der Waals surface area (Å²) in [5.41, 5.74) is 0. The fraction of sp³-hybridized carbons (Fsp3) is 1.00. The molecule has 3 aliphatic rings. The minimum Gasteiger partial charge on any atom is -0.379 e. The Morgan fingerprint density at radius 1 is 0.739 bits per heavy atom. The van der Waals surface area contributed by atoms with Gasteiger partial charge in [-0.15, -0.1) is 0 Å². The molecule has 0 saturated carbocycles. The van der Waals surface area contributed by atoms with Crippen molar-refractivity contribution < 1.29 is 9.47 Å². The molecule has 0 aromatic rings. The molecule has 0 amide bonds. The molecule has 3 rings (SSSR count). The highest BCUT2D eigenvalue weighted by Crippen LogP contribution is 2.07. The molecule has 2 unspecified atom stereocenters. The van der Waals surface area contributed by atoms with Crippen molar-refractivity contribution in [3.8, 4) is 0 Å². The Labute approximate surface area is 147 Å². The first kappa shape index (κ1) is 21.2. The number of rotatable bonds is 0. The van der Waals surface area contributed by atoms with Gasteiger partial charge < -0.3 is 24.2 Å². The van der Waals surface area contributed by atoms with E-state index in [9.17, 15) is 0 Å². The Kier molecular flexibility index (Phi) is 11.5. The summed E-state index contributed by atoms with van der Waals surface area (Å²) in [5.74, 6) is 2.66. The van der Waals surface area contributed by atoms with E-state index < -0.39 is 0 Å². The second-order valence-corrected chi connectivity index (χ2v) is 8.03. The maximum atomic E-state index is 5.51. The lowest BCUT2D eigenvalue weighted by Gasteiger charge is -2.32. The van der Waals surface area contributed by atoms with Crippen LogP contribution in [0.2, 0.25) is 0 Å². The van der Waals surface area contributed by atoms with Crippen molar-refractivity contribution in [3.63, 3.8) is 0 Å². The van der Waals surface area contributed by atoms with Gasteiger partial charge in [-0.25, -0.2) is 0 Å². The lowest BCUT2D eigenvalue weighted by Crippen LogP contribution is -2.42. The zero-order valence-corrected chi connectivity index (χ0v) is 16.6. The van der Waals surface area contributed by atoms with E-state index in [1.807, 2.05) is 0 Å². The van der Waals surface area contributed by atoms with Crippen LogP contribution in [0.15, 0.2) is 0 Å². The van der Waals surface area contributed by atoms with E-state index >= 15 is 0 Å². The highest BCUT2D eigenvalue weighted by atomic mass is 32.2. The number of likely N-dealkylation sites (N-methyl/N-ethyl adjacent to an activating group) is 2. The summed E-state index contributed by atoms with van der Waals surface area (Å²) in [6.07, 6.45) is 0.831. The lowest BCUT2D eigenvalue weighted by atomic mass is 10.2. The molecule has 2 atom stereocenters. The second kappa shape index (κ2) is 12.5. The largest absolute Gasteiger partial charge is 0.379 e. The first-order valence-electron chi connectivity index (χ1n) is 8.84. The maximum Gasteiger partial charge on any atom is 0.0678 e. The molecule has 0 radical (unpaired) electrons. The van der Waals surface area contributed by atoms with Gasteiger partial charge in [-0.3, -0.25) is 0 Å². The van der Waals surface area contributed by atoms with E-state index in [0.29, 0.717) is 12.2 Å². The number of hydrogen-bond donors (Lipinski definition) is 0. The van der Waals surface area contributed by atoms with Crippen LogP contribution in [0.1, 0.15) is 13.8 Å². The van der Waals surface area contributed by atoms with E-state index in [2.05, 4.69) is 61.5 Å². The van der Waals surface area contributed by atoms with Crippen LogP contribution < -0.4 is 0 Å². The molecule has 0 bridgehead atoms. The summed E-state index contributed by atoms with van der Waals surface area (Å²) < 4.78 is 10.6. The Morgan fingerprint density at radius 3 is 1.52 bits per heavy atom. The van der Waals surface area contributed by atoms with Crippen molar-refractivity contribution in [1.82, 2.24) is 14.7 Å². The molecule has 0 spiro atoms. The predicted molar refractivity (Wildman–Crippen MR) is 101 cm³/mol. The summed E-state index contributed by atoms with van der Waals surface area (Å²) >= 11 is 2.06. The van der Waals surface area contributed by atoms with Gasteiger partial charge in [-0.2, -0.15) is 11.8 Å². The molecular weight excluding hydrogens is 310 g/mol. The highest BCUT2D eigenvalue weighted by Gasteiger charge is 2.18. The van der Waals surface area contributed by atoms with E-state index in [1.54, 1.807) is 0 Å². The van der Waals surface area contributed by atoms with E-state index in [1.165, 1.54) is 24.6 Å². The fourth-order valence-electron chi connectivity index (χ4n) is 2.74. The molecule has 3 fully saturated rings. The maximum absolute atomic E-state index is 5.51. The van der Waals surface area contributed by atoms with Crippen LogP contribution in [0.4, 0.5) is 0 Å². The van der Waals surface area contributed by atoms with Gasteiger partial charge in [0, 0.05) is 50.8 Å². The molecule has 6 heteroatoms. The van der Waals surface area contributed by atoms with Crippen molar-refractivity contribution in [1.29, 1.82) is 0 Å². The summed E-state index contributed by atoms with van der Waals surface area (Å²) in [5, 5.41) is 0. The molecule has 3 saturated heterocycles. The average molecular weight is 348 g/mol. The lowest BCUT2D eigenvalue weighted by molar-refractivity contribution is -0.0602. The van der Waals surface area contributed by atoms with Gasteiger partial charge in [0.25, 0.3) is 0 Å². The van der Waals surface area contributed by atoms with Gasteiger partial charge in [0.1, 0.15) is 0 Å². The first-order chi connectivity index (χ1) is 11.0. The van der Waals surface area contributed by atoms with Gasteiger partial charge in [-0.1, -0.05) is 0 Å².